The standard InChI is InChI=1S/C11H7BrF3NO3/c1-18-10(17)9-6(4-12)2-8(3-7(9)5-16)19-11(13,14)15/h2-3H,4H2,1H3. The van der Waals surface area contributed by atoms with E-state index in [1.807, 2.05) is 0 Å². The maximum absolute atomic E-state index is 12.1. The van der Waals surface area contributed by atoms with E-state index < -0.39 is 18.1 Å². The molecular formula is C11H7BrF3NO3. The minimum atomic E-state index is -4.87. The van der Waals surface area contributed by atoms with Crippen molar-refractivity contribution in [1.29, 1.82) is 5.26 Å². The number of halogens is 4. The summed E-state index contributed by atoms with van der Waals surface area (Å²) in [6, 6.07) is 3.51. The Kier molecular flexibility index (Phi) is 4.78. The average molecular weight is 338 g/mol. The smallest absolute Gasteiger partial charge is 0.465 e. The van der Waals surface area contributed by atoms with E-state index in [-0.39, 0.29) is 22.0 Å². The molecule has 0 fully saturated rings. The molecule has 0 unspecified atom stereocenters. The molecule has 0 aliphatic heterocycles. The van der Waals surface area contributed by atoms with Crippen molar-refractivity contribution >= 4 is 21.9 Å². The molecule has 1 aromatic carbocycles. The molecule has 0 aliphatic rings. The van der Waals surface area contributed by atoms with E-state index in [9.17, 15) is 18.0 Å². The van der Waals surface area contributed by atoms with E-state index >= 15 is 0 Å². The lowest BCUT2D eigenvalue weighted by atomic mass is 10.0. The first-order valence-electron chi connectivity index (χ1n) is 4.79. The summed E-state index contributed by atoms with van der Waals surface area (Å²) < 4.78 is 44.6. The Morgan fingerprint density at radius 3 is 2.53 bits per heavy atom. The molecule has 0 saturated carbocycles. The van der Waals surface area contributed by atoms with E-state index in [2.05, 4.69) is 25.4 Å². The summed E-state index contributed by atoms with van der Waals surface area (Å²) in [6.07, 6.45) is -4.87. The number of carbonyl (C=O) groups is 1. The Balaban J connectivity index is 3.37. The van der Waals surface area contributed by atoms with E-state index in [0.29, 0.717) is 0 Å². The van der Waals surface area contributed by atoms with Crippen LogP contribution in [0.15, 0.2) is 12.1 Å². The fourth-order valence-electron chi connectivity index (χ4n) is 1.40. The van der Waals surface area contributed by atoms with Gasteiger partial charge in [-0.05, 0) is 17.7 Å². The van der Waals surface area contributed by atoms with Crippen molar-refractivity contribution in [3.05, 3.63) is 28.8 Å². The van der Waals surface area contributed by atoms with Crippen LogP contribution in [0.3, 0.4) is 0 Å². The maximum atomic E-state index is 12.1. The first-order chi connectivity index (χ1) is 8.82. The van der Waals surface area contributed by atoms with Crippen molar-refractivity contribution in [3.63, 3.8) is 0 Å². The fraction of sp³-hybridized carbons (Fsp3) is 0.273. The topological polar surface area (TPSA) is 59.3 Å². The summed E-state index contributed by atoms with van der Waals surface area (Å²) in [5.74, 6) is -1.37. The quantitative estimate of drug-likeness (QED) is 0.628. The lowest BCUT2D eigenvalue weighted by Crippen LogP contribution is -2.18. The van der Waals surface area contributed by atoms with Gasteiger partial charge in [-0.2, -0.15) is 5.26 Å². The molecule has 8 heteroatoms. The maximum Gasteiger partial charge on any atom is 0.573 e. The van der Waals surface area contributed by atoms with Crippen LogP contribution in [0, 0.1) is 11.3 Å². The van der Waals surface area contributed by atoms with Crippen LogP contribution in [0.4, 0.5) is 13.2 Å². The predicted octanol–water partition coefficient (Wildman–Crippen LogP) is 3.14. The second-order valence-electron chi connectivity index (χ2n) is 3.29. The zero-order valence-electron chi connectivity index (χ0n) is 9.55. The fourth-order valence-corrected chi connectivity index (χ4v) is 1.84. The van der Waals surface area contributed by atoms with Crippen molar-refractivity contribution in [1.82, 2.24) is 0 Å². The number of alkyl halides is 4. The molecule has 0 atom stereocenters. The number of methoxy groups -OCH3 is 1. The van der Waals surface area contributed by atoms with Gasteiger partial charge in [-0.3, -0.25) is 0 Å². The Morgan fingerprint density at radius 2 is 2.11 bits per heavy atom. The number of hydrogen-bond acceptors (Lipinski definition) is 4. The third-order valence-electron chi connectivity index (χ3n) is 2.08. The van der Waals surface area contributed by atoms with Gasteiger partial charge in [0, 0.05) is 5.33 Å². The third-order valence-corrected chi connectivity index (χ3v) is 2.69. The monoisotopic (exact) mass is 337 g/mol. The normalized spacial score (nSPS) is 10.7. The number of benzene rings is 1. The van der Waals surface area contributed by atoms with Gasteiger partial charge in [-0.25, -0.2) is 4.79 Å². The Morgan fingerprint density at radius 1 is 1.47 bits per heavy atom. The van der Waals surface area contributed by atoms with Gasteiger partial charge in [0.2, 0.25) is 0 Å². The first-order valence-corrected chi connectivity index (χ1v) is 5.91. The highest BCUT2D eigenvalue weighted by molar-refractivity contribution is 9.08. The summed E-state index contributed by atoms with van der Waals surface area (Å²) in [4.78, 5) is 11.5. The molecule has 0 N–H and O–H groups in total. The van der Waals surface area contributed by atoms with Crippen LogP contribution in [-0.4, -0.2) is 19.4 Å². The lowest BCUT2D eigenvalue weighted by molar-refractivity contribution is -0.274. The van der Waals surface area contributed by atoms with Gasteiger partial charge in [0.25, 0.3) is 0 Å². The molecule has 19 heavy (non-hydrogen) atoms. The van der Waals surface area contributed by atoms with Crippen LogP contribution in [0.5, 0.6) is 5.75 Å². The van der Waals surface area contributed by atoms with Gasteiger partial charge >= 0.3 is 12.3 Å². The highest BCUT2D eigenvalue weighted by Crippen LogP contribution is 2.29. The number of ether oxygens (including phenoxy) is 2. The van der Waals surface area contributed by atoms with Crippen LogP contribution in [-0.2, 0) is 10.1 Å². The molecule has 4 nitrogen and oxygen atoms in total. The molecule has 1 aromatic rings. The molecule has 0 aliphatic carbocycles. The van der Waals surface area contributed by atoms with Gasteiger partial charge in [0.05, 0.1) is 18.2 Å². The van der Waals surface area contributed by atoms with E-state index in [1.165, 1.54) is 0 Å². The van der Waals surface area contributed by atoms with Gasteiger partial charge in [0.15, 0.2) is 0 Å². The van der Waals surface area contributed by atoms with Gasteiger partial charge < -0.3 is 9.47 Å². The number of nitriles is 1. The number of esters is 1. The summed E-state index contributed by atoms with van der Waals surface area (Å²) in [5.41, 5.74) is -0.162. The summed E-state index contributed by atoms with van der Waals surface area (Å²) >= 11 is 3.03. The van der Waals surface area contributed by atoms with Crippen molar-refractivity contribution in [3.8, 4) is 11.8 Å². The molecule has 0 radical (unpaired) electrons. The van der Waals surface area contributed by atoms with Gasteiger partial charge in [-0.15, -0.1) is 13.2 Å². The van der Waals surface area contributed by atoms with Gasteiger partial charge in [0.1, 0.15) is 11.8 Å². The minimum absolute atomic E-state index is 0.0706. The molecule has 0 heterocycles. The predicted molar refractivity (Wildman–Crippen MR) is 61.8 cm³/mol. The van der Waals surface area contributed by atoms with E-state index in [1.54, 1.807) is 6.07 Å². The van der Waals surface area contributed by atoms with Crippen molar-refractivity contribution in [2.24, 2.45) is 0 Å². The number of carbonyl (C=O) groups excluding carboxylic acids is 1. The summed E-state index contributed by atoms with van der Waals surface area (Å²) in [5, 5.41) is 8.97. The first kappa shape index (κ1) is 15.3. The van der Waals surface area contributed by atoms with Crippen LogP contribution >= 0.6 is 15.9 Å². The summed E-state index contributed by atoms with van der Waals surface area (Å²) in [7, 11) is 1.11. The molecule has 0 aromatic heterocycles. The highest BCUT2D eigenvalue weighted by Gasteiger charge is 2.32. The Hall–Kier alpha value is -1.75. The SMILES string of the molecule is COC(=O)c1c(C#N)cc(OC(F)(F)F)cc1CBr. The molecule has 1 rings (SSSR count). The van der Waals surface area contributed by atoms with Crippen LogP contribution < -0.4 is 4.74 Å². The third kappa shape index (κ3) is 3.86. The molecule has 102 valence electrons. The minimum Gasteiger partial charge on any atom is -0.465 e. The Bertz CT molecular complexity index is 537. The number of rotatable bonds is 3. The lowest BCUT2D eigenvalue weighted by Gasteiger charge is -2.13. The van der Waals surface area contributed by atoms with Crippen molar-refractivity contribution in [2.75, 3.05) is 7.11 Å². The average Bonchev–Trinajstić information content (AvgIpc) is 2.34. The van der Waals surface area contributed by atoms with Crippen LogP contribution in [0.1, 0.15) is 21.5 Å². The van der Waals surface area contributed by atoms with Crippen molar-refractivity contribution in [2.45, 2.75) is 11.7 Å². The zero-order valence-corrected chi connectivity index (χ0v) is 11.1. The van der Waals surface area contributed by atoms with E-state index in [4.69, 9.17) is 5.26 Å². The van der Waals surface area contributed by atoms with Crippen LogP contribution in [0.2, 0.25) is 0 Å². The number of hydrogen-bond donors (Lipinski definition) is 0. The van der Waals surface area contributed by atoms with Crippen molar-refractivity contribution < 1.29 is 27.4 Å². The second kappa shape index (κ2) is 5.93. The molecule has 0 spiro atoms. The molecular weight excluding hydrogens is 331 g/mol. The van der Waals surface area contributed by atoms with Crippen LogP contribution in [0.25, 0.3) is 0 Å². The van der Waals surface area contributed by atoms with E-state index in [0.717, 1.165) is 19.2 Å². The second-order valence-corrected chi connectivity index (χ2v) is 3.85. The largest absolute Gasteiger partial charge is 0.573 e. The summed E-state index contributed by atoms with van der Waals surface area (Å²) in [6.45, 7) is 0. The molecule has 0 saturated heterocycles. The Labute approximate surface area is 114 Å². The van der Waals surface area contributed by atoms with Gasteiger partial charge in [-0.1, -0.05) is 15.9 Å². The molecule has 0 amide bonds. The molecule has 0 bridgehead atoms. The highest BCUT2D eigenvalue weighted by atomic mass is 79.9. The number of nitrogens with zero attached hydrogens (tertiary/aromatic N) is 1. The zero-order chi connectivity index (χ0) is 14.6.